The molecule has 6 heteroatoms. The molecule has 0 saturated heterocycles. The summed E-state index contributed by atoms with van der Waals surface area (Å²) in [5, 5.41) is 28.3. The fourth-order valence-electron chi connectivity index (χ4n) is 3.04. The number of aromatic amines is 1. The summed E-state index contributed by atoms with van der Waals surface area (Å²) in [6.07, 6.45) is 0. The predicted octanol–water partition coefficient (Wildman–Crippen LogP) is 4.91. The molecule has 0 aliphatic rings. The largest absolute Gasteiger partial charge is 0.507 e. The summed E-state index contributed by atoms with van der Waals surface area (Å²) in [7, 11) is 0. The van der Waals surface area contributed by atoms with Crippen LogP contribution in [-0.2, 0) is 10.8 Å². The highest BCUT2D eigenvalue weighted by Crippen LogP contribution is 2.41. The number of tetrazole rings is 1. The van der Waals surface area contributed by atoms with Crippen LogP contribution in [0.5, 0.6) is 5.75 Å². The van der Waals surface area contributed by atoms with Gasteiger partial charge in [0.1, 0.15) is 5.75 Å². The maximum Gasteiger partial charge on any atom is 0.179 e. The number of hydrogen-bond donors (Lipinski definition) is 3. The number of aromatic hydroxyl groups is 1. The van der Waals surface area contributed by atoms with Crippen LogP contribution in [0, 0.1) is 0 Å². The van der Waals surface area contributed by atoms with Crippen molar-refractivity contribution in [3.8, 4) is 17.1 Å². The molecule has 0 radical (unpaired) electrons. The van der Waals surface area contributed by atoms with Gasteiger partial charge in [-0.05, 0) is 45.5 Å². The number of benzene rings is 2. The van der Waals surface area contributed by atoms with Gasteiger partial charge in [0.25, 0.3) is 0 Å². The van der Waals surface area contributed by atoms with Gasteiger partial charge in [0, 0.05) is 28.1 Å². The Morgan fingerprint density at radius 1 is 0.889 bits per heavy atom. The third-order valence-corrected chi connectivity index (χ3v) is 4.50. The van der Waals surface area contributed by atoms with Crippen LogP contribution in [0.25, 0.3) is 11.4 Å². The summed E-state index contributed by atoms with van der Waals surface area (Å²) >= 11 is 0. The number of phenolic OH excluding ortho intramolecular Hbond substituents is 1. The highest BCUT2D eigenvalue weighted by molar-refractivity contribution is 5.69. The van der Waals surface area contributed by atoms with Crippen LogP contribution in [0.2, 0.25) is 0 Å². The lowest BCUT2D eigenvalue weighted by molar-refractivity contribution is 0.423. The molecule has 0 unspecified atom stereocenters. The van der Waals surface area contributed by atoms with Crippen LogP contribution < -0.4 is 5.32 Å². The topological polar surface area (TPSA) is 86.7 Å². The lowest BCUT2D eigenvalue weighted by Crippen LogP contribution is -2.17. The van der Waals surface area contributed by atoms with Crippen molar-refractivity contribution < 1.29 is 5.11 Å². The highest BCUT2D eigenvalue weighted by atomic mass is 16.3. The van der Waals surface area contributed by atoms with Gasteiger partial charge >= 0.3 is 0 Å². The van der Waals surface area contributed by atoms with E-state index in [4.69, 9.17) is 0 Å². The first-order chi connectivity index (χ1) is 12.6. The summed E-state index contributed by atoms with van der Waals surface area (Å²) < 4.78 is 0. The minimum atomic E-state index is -0.171. The zero-order valence-electron chi connectivity index (χ0n) is 16.8. The van der Waals surface area contributed by atoms with Gasteiger partial charge in [-0.3, -0.25) is 0 Å². The number of nitrogens with one attached hydrogen (secondary N) is 2. The molecule has 0 aliphatic heterocycles. The van der Waals surface area contributed by atoms with Crippen LogP contribution in [-0.4, -0.2) is 25.7 Å². The van der Waals surface area contributed by atoms with E-state index >= 15 is 0 Å². The molecule has 0 aliphatic carbocycles. The predicted molar refractivity (Wildman–Crippen MR) is 108 cm³/mol. The van der Waals surface area contributed by atoms with Crippen molar-refractivity contribution in [2.45, 2.75) is 52.4 Å². The molecule has 142 valence electrons. The van der Waals surface area contributed by atoms with Crippen molar-refractivity contribution in [1.82, 2.24) is 20.6 Å². The Balaban J connectivity index is 2.04. The maximum atomic E-state index is 10.9. The monoisotopic (exact) mass is 365 g/mol. The van der Waals surface area contributed by atoms with Crippen molar-refractivity contribution in [3.63, 3.8) is 0 Å². The third kappa shape index (κ3) is 4.10. The van der Waals surface area contributed by atoms with Crippen LogP contribution in [0.1, 0.15) is 52.7 Å². The Morgan fingerprint density at radius 2 is 1.52 bits per heavy atom. The maximum absolute atomic E-state index is 10.9. The molecule has 0 bridgehead atoms. The Morgan fingerprint density at radius 3 is 2.04 bits per heavy atom. The molecule has 3 rings (SSSR count). The molecule has 3 N–H and O–H groups in total. The van der Waals surface area contributed by atoms with Gasteiger partial charge in [-0.15, -0.1) is 5.10 Å². The number of anilines is 2. The minimum absolute atomic E-state index is 0.171. The Hall–Kier alpha value is -2.89. The lowest BCUT2D eigenvalue weighted by atomic mass is 9.79. The van der Waals surface area contributed by atoms with Gasteiger partial charge < -0.3 is 10.4 Å². The van der Waals surface area contributed by atoms with E-state index in [2.05, 4.69) is 67.5 Å². The summed E-state index contributed by atoms with van der Waals surface area (Å²) in [5.74, 6) is 0.997. The highest BCUT2D eigenvalue weighted by Gasteiger charge is 2.26. The second-order valence-electron chi connectivity index (χ2n) is 8.88. The smallest absolute Gasteiger partial charge is 0.179 e. The summed E-state index contributed by atoms with van der Waals surface area (Å²) in [6.45, 7) is 12.6. The van der Waals surface area contributed by atoms with Crippen molar-refractivity contribution >= 4 is 11.4 Å². The van der Waals surface area contributed by atoms with Crippen LogP contribution in [0.3, 0.4) is 0 Å². The number of phenols is 1. The second-order valence-corrected chi connectivity index (χ2v) is 8.88. The molecule has 1 heterocycles. The Kier molecular flexibility index (Phi) is 4.68. The van der Waals surface area contributed by atoms with Crippen molar-refractivity contribution in [2.24, 2.45) is 0 Å². The van der Waals surface area contributed by atoms with E-state index in [9.17, 15) is 5.11 Å². The molecule has 2 aromatic carbocycles. The fraction of sp³-hybridized carbons (Fsp3) is 0.381. The molecule has 1 aromatic heterocycles. The second kappa shape index (κ2) is 6.68. The Labute approximate surface area is 160 Å². The molecule has 0 amide bonds. The van der Waals surface area contributed by atoms with Crippen LogP contribution in [0.4, 0.5) is 11.4 Å². The van der Waals surface area contributed by atoms with E-state index < -0.39 is 0 Å². The average Bonchev–Trinajstić information content (AvgIpc) is 3.09. The summed E-state index contributed by atoms with van der Waals surface area (Å²) in [5.41, 5.74) is 4.27. The first-order valence-corrected chi connectivity index (χ1v) is 9.05. The first kappa shape index (κ1) is 18.9. The number of hydrogen-bond acceptors (Lipinski definition) is 5. The standard InChI is InChI=1S/C21H27N5O/c1-20(2,3)16-11-15(12-17(18(16)27)21(4,5)6)22-14-9-7-8-13(10-14)19-23-25-26-24-19/h7-12,22,27H,1-6H3,(H,23,24,25,26). The zero-order chi connectivity index (χ0) is 19.8. The summed E-state index contributed by atoms with van der Waals surface area (Å²) in [4.78, 5) is 0. The molecule has 0 fully saturated rings. The van der Waals surface area contributed by atoms with E-state index in [1.165, 1.54) is 0 Å². The van der Waals surface area contributed by atoms with E-state index in [-0.39, 0.29) is 10.8 Å². The first-order valence-electron chi connectivity index (χ1n) is 9.05. The van der Waals surface area contributed by atoms with Gasteiger partial charge in [0.15, 0.2) is 5.82 Å². The van der Waals surface area contributed by atoms with Crippen molar-refractivity contribution in [2.75, 3.05) is 5.32 Å². The Bertz CT molecular complexity index is 899. The normalized spacial score (nSPS) is 12.2. The summed E-state index contributed by atoms with van der Waals surface area (Å²) in [6, 6.07) is 11.9. The van der Waals surface area contributed by atoms with E-state index in [0.717, 1.165) is 28.1 Å². The van der Waals surface area contributed by atoms with Gasteiger partial charge in [-0.1, -0.05) is 53.7 Å². The van der Waals surface area contributed by atoms with Crippen molar-refractivity contribution in [3.05, 3.63) is 47.5 Å². The zero-order valence-corrected chi connectivity index (χ0v) is 16.8. The van der Waals surface area contributed by atoms with Crippen LogP contribution in [0.15, 0.2) is 36.4 Å². The van der Waals surface area contributed by atoms with Gasteiger partial charge in [-0.25, -0.2) is 5.10 Å². The molecule has 6 nitrogen and oxygen atoms in total. The lowest BCUT2D eigenvalue weighted by Gasteiger charge is -2.28. The van der Waals surface area contributed by atoms with Gasteiger partial charge in [0.05, 0.1) is 0 Å². The van der Waals surface area contributed by atoms with Crippen molar-refractivity contribution in [1.29, 1.82) is 0 Å². The molecular formula is C21H27N5O. The third-order valence-electron chi connectivity index (χ3n) is 4.50. The molecule has 0 saturated carbocycles. The van der Waals surface area contributed by atoms with E-state index in [1.54, 1.807) is 0 Å². The number of nitrogens with zero attached hydrogens (tertiary/aromatic N) is 3. The fourth-order valence-corrected chi connectivity index (χ4v) is 3.04. The van der Waals surface area contributed by atoms with Gasteiger partial charge in [0.2, 0.25) is 0 Å². The quantitative estimate of drug-likeness (QED) is 0.574. The molecule has 27 heavy (non-hydrogen) atoms. The number of rotatable bonds is 3. The van der Waals surface area contributed by atoms with E-state index in [0.29, 0.717) is 11.6 Å². The number of H-pyrrole nitrogens is 1. The average molecular weight is 365 g/mol. The van der Waals surface area contributed by atoms with E-state index in [1.807, 2.05) is 36.4 Å². The SMILES string of the molecule is CC(C)(C)c1cc(Nc2cccc(-c3nnn[nH]3)c2)cc(C(C)(C)C)c1O. The molecule has 3 aromatic rings. The molecular weight excluding hydrogens is 338 g/mol. The van der Waals surface area contributed by atoms with Crippen LogP contribution >= 0.6 is 0 Å². The minimum Gasteiger partial charge on any atom is -0.507 e. The number of aromatic nitrogens is 4. The molecule has 0 spiro atoms. The van der Waals surface area contributed by atoms with Gasteiger partial charge in [-0.2, -0.15) is 0 Å². The molecule has 0 atom stereocenters.